The Bertz CT molecular complexity index is 810. The van der Waals surface area contributed by atoms with Gasteiger partial charge in [0.15, 0.2) is 0 Å². The number of hydrogen-bond acceptors (Lipinski definition) is 4. The smallest absolute Gasteiger partial charge is 0.335 e. The normalized spacial score (nSPS) is 10.9. The molecule has 0 bridgehead atoms. The molecule has 0 aliphatic rings. The Morgan fingerprint density at radius 2 is 1.04 bits per heavy atom. The first-order chi connectivity index (χ1) is 13.7. The first-order valence-electron chi connectivity index (χ1n) is 8.79. The second-order valence-corrected chi connectivity index (χ2v) is 7.24. The summed E-state index contributed by atoms with van der Waals surface area (Å²) in [5, 5.41) is 8.98. The maximum Gasteiger partial charge on any atom is 0.335 e. The fourth-order valence-electron chi connectivity index (χ4n) is 2.39. The Balaban J connectivity index is 1.58. The molecule has 144 valence electrons. The number of carboxylic acids is 1. The van der Waals surface area contributed by atoms with Crippen molar-refractivity contribution in [3.63, 3.8) is 0 Å². The van der Waals surface area contributed by atoms with Crippen molar-refractivity contribution in [2.75, 3.05) is 0 Å². The Kier molecular flexibility index (Phi) is 7.71. The summed E-state index contributed by atoms with van der Waals surface area (Å²) in [6.45, 7) is 1.05. The van der Waals surface area contributed by atoms with Gasteiger partial charge in [0.05, 0.1) is 25.4 Å². The molecular weight excluding hydrogens is 375 g/mol. The lowest BCUT2D eigenvalue weighted by atomic mass is 10.1. The van der Waals surface area contributed by atoms with Crippen LogP contribution < -0.4 is 0 Å². The minimum Gasteiger partial charge on any atom is -0.478 e. The molecule has 0 aromatic heterocycles. The largest absolute Gasteiger partial charge is 0.478 e. The molecule has 28 heavy (non-hydrogen) atoms. The van der Waals surface area contributed by atoms with E-state index in [0.29, 0.717) is 13.2 Å². The quantitative estimate of drug-likeness (QED) is 0.455. The van der Waals surface area contributed by atoms with E-state index in [1.165, 1.54) is 0 Å². The number of hydrogen-bond donors (Lipinski definition) is 1. The highest BCUT2D eigenvalue weighted by Crippen LogP contribution is 2.42. The molecule has 0 atom stereocenters. The highest BCUT2D eigenvalue weighted by Gasteiger charge is 2.14. The van der Waals surface area contributed by atoms with Crippen LogP contribution in [-0.4, -0.2) is 11.1 Å². The Morgan fingerprint density at radius 3 is 1.43 bits per heavy atom. The predicted molar refractivity (Wildman–Crippen MR) is 108 cm³/mol. The van der Waals surface area contributed by atoms with Crippen molar-refractivity contribution in [2.24, 2.45) is 0 Å². The van der Waals surface area contributed by atoms with Gasteiger partial charge >= 0.3 is 14.6 Å². The average molecular weight is 396 g/mol. The fourth-order valence-corrected chi connectivity index (χ4v) is 3.37. The number of carbonyl (C=O) groups is 1. The molecule has 0 saturated heterocycles. The summed E-state index contributed by atoms with van der Waals surface area (Å²) < 4.78 is 17.6. The van der Waals surface area contributed by atoms with E-state index in [1.54, 1.807) is 24.3 Å². The molecule has 3 rings (SSSR count). The van der Waals surface area contributed by atoms with Gasteiger partial charge in [0, 0.05) is 0 Å². The second kappa shape index (κ2) is 10.7. The molecule has 0 aliphatic carbocycles. The molecule has 0 amide bonds. The lowest BCUT2D eigenvalue weighted by Crippen LogP contribution is -1.99. The van der Waals surface area contributed by atoms with Crippen LogP contribution in [0.3, 0.4) is 0 Å². The van der Waals surface area contributed by atoms with Gasteiger partial charge in [0.2, 0.25) is 0 Å². The lowest BCUT2D eigenvalue weighted by Gasteiger charge is -2.17. The van der Waals surface area contributed by atoms with Crippen molar-refractivity contribution in [1.29, 1.82) is 0 Å². The number of aromatic carboxylic acids is 1. The highest BCUT2D eigenvalue weighted by atomic mass is 31.2. The van der Waals surface area contributed by atoms with Crippen LogP contribution in [0.4, 0.5) is 0 Å². The van der Waals surface area contributed by atoms with Crippen molar-refractivity contribution in [1.82, 2.24) is 0 Å². The molecule has 0 saturated carbocycles. The van der Waals surface area contributed by atoms with Crippen LogP contribution in [0.1, 0.15) is 27.0 Å². The summed E-state index contributed by atoms with van der Waals surface area (Å²) in [7, 11) is -1.57. The predicted octanol–water partition coefficient (Wildman–Crippen LogP) is 5.56. The zero-order valence-electron chi connectivity index (χ0n) is 15.2. The number of benzene rings is 3. The van der Waals surface area contributed by atoms with Crippen LogP contribution in [-0.2, 0) is 33.4 Å². The average Bonchev–Trinajstić information content (AvgIpc) is 2.75. The lowest BCUT2D eigenvalue weighted by molar-refractivity contribution is 0.0696. The third-order valence-corrected chi connectivity index (χ3v) is 4.92. The van der Waals surface area contributed by atoms with Crippen LogP contribution >= 0.6 is 8.60 Å². The second-order valence-electron chi connectivity index (χ2n) is 6.02. The van der Waals surface area contributed by atoms with Crippen LogP contribution in [0, 0.1) is 0 Å². The van der Waals surface area contributed by atoms with Gasteiger partial charge in [-0.05, 0) is 28.8 Å². The molecule has 0 unspecified atom stereocenters. The van der Waals surface area contributed by atoms with Gasteiger partial charge in [0.25, 0.3) is 0 Å². The summed E-state index contributed by atoms with van der Waals surface area (Å²) in [5.74, 6) is -0.952. The van der Waals surface area contributed by atoms with Crippen LogP contribution in [0.15, 0.2) is 84.9 Å². The monoisotopic (exact) mass is 396 g/mol. The zero-order valence-corrected chi connectivity index (χ0v) is 16.1. The van der Waals surface area contributed by atoms with E-state index in [0.717, 1.165) is 16.7 Å². The Hall–Kier alpha value is -2.56. The summed E-state index contributed by atoms with van der Waals surface area (Å²) >= 11 is 0. The molecule has 5 nitrogen and oxygen atoms in total. The van der Waals surface area contributed by atoms with Crippen molar-refractivity contribution in [3.05, 3.63) is 107 Å². The molecular formula is C22H21O5P. The summed E-state index contributed by atoms with van der Waals surface area (Å²) in [4.78, 5) is 11.0. The standard InChI is InChI=1S/C22H21O5P/c23-22(24)21-13-11-20(12-14-21)17-27-28(25-15-18-7-3-1-4-8-18)26-16-19-9-5-2-6-10-19/h1-14H,15-17H2,(H,23,24). The van der Waals surface area contributed by atoms with E-state index in [4.69, 9.17) is 18.7 Å². The van der Waals surface area contributed by atoms with Gasteiger partial charge in [-0.1, -0.05) is 72.8 Å². The maximum absolute atomic E-state index is 11.0. The molecule has 0 aliphatic heterocycles. The third kappa shape index (κ3) is 6.55. The Morgan fingerprint density at radius 1 is 0.643 bits per heavy atom. The minimum absolute atomic E-state index is 0.242. The molecule has 3 aromatic rings. The third-order valence-electron chi connectivity index (χ3n) is 3.90. The zero-order chi connectivity index (χ0) is 19.6. The topological polar surface area (TPSA) is 65.0 Å². The molecule has 0 spiro atoms. The molecule has 3 aromatic carbocycles. The van der Waals surface area contributed by atoms with Gasteiger partial charge in [-0.25, -0.2) is 4.79 Å². The minimum atomic E-state index is -1.57. The molecule has 6 heteroatoms. The van der Waals surface area contributed by atoms with Crippen LogP contribution in [0.5, 0.6) is 0 Å². The van der Waals surface area contributed by atoms with E-state index in [-0.39, 0.29) is 12.2 Å². The number of rotatable bonds is 10. The van der Waals surface area contributed by atoms with Gasteiger partial charge in [-0.2, -0.15) is 0 Å². The SMILES string of the molecule is O=C(O)c1ccc(COP(OCc2ccccc2)OCc2ccccc2)cc1. The first kappa shape index (κ1) is 20.2. The fraction of sp³-hybridized carbons (Fsp3) is 0.136. The first-order valence-corrected chi connectivity index (χ1v) is 9.89. The highest BCUT2D eigenvalue weighted by molar-refractivity contribution is 7.41. The van der Waals surface area contributed by atoms with Crippen LogP contribution in [0.2, 0.25) is 0 Å². The van der Waals surface area contributed by atoms with Gasteiger partial charge in [-0.15, -0.1) is 0 Å². The van der Waals surface area contributed by atoms with E-state index >= 15 is 0 Å². The Labute approximate surface area is 165 Å². The molecule has 0 heterocycles. The molecule has 0 fully saturated rings. The van der Waals surface area contributed by atoms with Gasteiger partial charge < -0.3 is 18.7 Å². The summed E-state index contributed by atoms with van der Waals surface area (Å²) in [6.07, 6.45) is 0. The summed E-state index contributed by atoms with van der Waals surface area (Å²) in [5.41, 5.74) is 3.16. The molecule has 0 radical (unpaired) electrons. The summed E-state index contributed by atoms with van der Waals surface area (Å²) in [6, 6.07) is 26.2. The van der Waals surface area contributed by atoms with Crippen molar-refractivity contribution >= 4 is 14.6 Å². The van der Waals surface area contributed by atoms with E-state index in [1.807, 2.05) is 60.7 Å². The van der Waals surface area contributed by atoms with E-state index in [2.05, 4.69) is 0 Å². The molecule has 1 N–H and O–H groups in total. The van der Waals surface area contributed by atoms with Crippen molar-refractivity contribution in [3.8, 4) is 0 Å². The van der Waals surface area contributed by atoms with Crippen LogP contribution in [0.25, 0.3) is 0 Å². The van der Waals surface area contributed by atoms with Crippen molar-refractivity contribution < 1.29 is 23.5 Å². The van der Waals surface area contributed by atoms with Gasteiger partial charge in [-0.3, -0.25) is 0 Å². The van der Waals surface area contributed by atoms with Gasteiger partial charge in [0.1, 0.15) is 0 Å². The van der Waals surface area contributed by atoms with Crippen molar-refractivity contribution in [2.45, 2.75) is 19.8 Å². The maximum atomic E-state index is 11.0. The number of carboxylic acid groups (broad SMARTS) is 1. The van der Waals surface area contributed by atoms with E-state index in [9.17, 15) is 4.79 Å². The van der Waals surface area contributed by atoms with E-state index < -0.39 is 14.6 Å².